The number of fused-ring (bicyclic) bond motifs is 1. The fourth-order valence-corrected chi connectivity index (χ4v) is 1.82. The lowest BCUT2D eigenvalue weighted by atomic mass is 10.2. The Bertz CT molecular complexity index is 547. The van der Waals surface area contributed by atoms with Crippen LogP contribution in [-0.2, 0) is 0 Å². The molecule has 1 aromatic carbocycles. The van der Waals surface area contributed by atoms with Crippen molar-refractivity contribution in [3.63, 3.8) is 0 Å². The summed E-state index contributed by atoms with van der Waals surface area (Å²) in [7, 11) is 0. The van der Waals surface area contributed by atoms with Crippen LogP contribution < -0.4 is 5.32 Å². The van der Waals surface area contributed by atoms with Crippen LogP contribution in [0.25, 0.3) is 10.9 Å². The van der Waals surface area contributed by atoms with E-state index in [2.05, 4.69) is 16.4 Å². The molecule has 1 heterocycles. The lowest BCUT2D eigenvalue weighted by molar-refractivity contribution is 0.0949. The highest BCUT2D eigenvalue weighted by Crippen LogP contribution is 2.14. The number of aromatic nitrogens is 1. The molecule has 2 rings (SSSR count). The molecular formula is C14H15N3O. The van der Waals surface area contributed by atoms with Crippen molar-refractivity contribution >= 4 is 16.8 Å². The van der Waals surface area contributed by atoms with E-state index < -0.39 is 0 Å². The molecule has 0 spiro atoms. The van der Waals surface area contributed by atoms with Crippen molar-refractivity contribution in [1.29, 1.82) is 5.26 Å². The third kappa shape index (κ3) is 2.89. The molecule has 0 fully saturated rings. The van der Waals surface area contributed by atoms with E-state index in [9.17, 15) is 4.79 Å². The maximum Gasteiger partial charge on any atom is 0.267 e. The third-order valence-electron chi connectivity index (χ3n) is 2.78. The summed E-state index contributed by atoms with van der Waals surface area (Å²) in [5.74, 6) is -0.0943. The molecule has 92 valence electrons. The second-order valence-corrected chi connectivity index (χ2v) is 4.14. The molecule has 0 radical (unpaired) electrons. The van der Waals surface area contributed by atoms with Gasteiger partial charge in [-0.2, -0.15) is 5.26 Å². The van der Waals surface area contributed by atoms with E-state index in [-0.39, 0.29) is 5.91 Å². The van der Waals surface area contributed by atoms with Gasteiger partial charge in [0.1, 0.15) is 5.69 Å². The molecule has 1 amide bonds. The number of nitrogens with zero attached hydrogens (tertiary/aromatic N) is 1. The number of unbranched alkanes of at least 4 members (excludes halogenated alkanes) is 2. The van der Waals surface area contributed by atoms with Gasteiger partial charge in [0.2, 0.25) is 0 Å². The Balaban J connectivity index is 1.91. The van der Waals surface area contributed by atoms with Gasteiger partial charge >= 0.3 is 0 Å². The van der Waals surface area contributed by atoms with Gasteiger partial charge < -0.3 is 10.3 Å². The minimum atomic E-state index is -0.0943. The summed E-state index contributed by atoms with van der Waals surface area (Å²) in [6, 6.07) is 11.7. The number of aromatic amines is 1. The average molecular weight is 241 g/mol. The van der Waals surface area contributed by atoms with Crippen molar-refractivity contribution in [2.24, 2.45) is 0 Å². The molecule has 2 aromatic rings. The number of hydrogen-bond acceptors (Lipinski definition) is 2. The second kappa shape index (κ2) is 5.87. The lowest BCUT2D eigenvalue weighted by Crippen LogP contribution is -2.24. The summed E-state index contributed by atoms with van der Waals surface area (Å²) in [6.45, 7) is 0.607. The topological polar surface area (TPSA) is 68.7 Å². The number of benzene rings is 1. The van der Waals surface area contributed by atoms with Gasteiger partial charge in [-0.3, -0.25) is 4.79 Å². The molecule has 4 heteroatoms. The Hall–Kier alpha value is -2.28. The van der Waals surface area contributed by atoms with E-state index in [1.807, 2.05) is 30.3 Å². The normalized spacial score (nSPS) is 10.2. The number of carbonyl (C=O) groups is 1. The SMILES string of the molecule is N#CCCCCNC(=O)c1cc2ccccc2[nH]1. The zero-order valence-electron chi connectivity index (χ0n) is 10.1. The summed E-state index contributed by atoms with van der Waals surface area (Å²) < 4.78 is 0. The minimum absolute atomic E-state index is 0.0943. The molecule has 1 aromatic heterocycles. The monoisotopic (exact) mass is 241 g/mol. The average Bonchev–Trinajstić information content (AvgIpc) is 2.82. The maximum atomic E-state index is 11.8. The number of amides is 1. The molecule has 2 N–H and O–H groups in total. The summed E-state index contributed by atoms with van der Waals surface area (Å²) in [6.07, 6.45) is 2.20. The van der Waals surface area contributed by atoms with Gasteiger partial charge in [0.15, 0.2) is 0 Å². The predicted molar refractivity (Wildman–Crippen MR) is 70.1 cm³/mol. The molecule has 0 saturated carbocycles. The quantitative estimate of drug-likeness (QED) is 0.790. The number of nitriles is 1. The van der Waals surface area contributed by atoms with Crippen molar-refractivity contribution < 1.29 is 4.79 Å². The number of nitrogens with one attached hydrogen (secondary N) is 2. The van der Waals surface area contributed by atoms with Crippen LogP contribution in [0.4, 0.5) is 0 Å². The highest BCUT2D eigenvalue weighted by Gasteiger charge is 2.07. The minimum Gasteiger partial charge on any atom is -0.351 e. The number of carbonyl (C=O) groups excluding carboxylic acids is 1. The zero-order chi connectivity index (χ0) is 12.8. The molecule has 0 bridgehead atoms. The van der Waals surface area contributed by atoms with E-state index in [0.29, 0.717) is 18.7 Å². The maximum absolute atomic E-state index is 11.8. The number of H-pyrrole nitrogens is 1. The van der Waals surface area contributed by atoms with Gasteiger partial charge in [-0.15, -0.1) is 0 Å². The molecule has 4 nitrogen and oxygen atoms in total. The van der Waals surface area contributed by atoms with E-state index in [1.165, 1.54) is 0 Å². The standard InChI is InChI=1S/C14H15N3O/c15-8-4-1-5-9-16-14(18)13-10-11-6-2-3-7-12(11)17-13/h2-3,6-7,10,17H,1,4-5,9H2,(H,16,18). The van der Waals surface area contributed by atoms with Crippen molar-refractivity contribution in [2.75, 3.05) is 6.54 Å². The third-order valence-corrected chi connectivity index (χ3v) is 2.78. The molecule has 0 aliphatic carbocycles. The van der Waals surface area contributed by atoms with E-state index in [1.54, 1.807) is 0 Å². The Morgan fingerprint density at radius 2 is 2.17 bits per heavy atom. The van der Waals surface area contributed by atoms with Crippen molar-refractivity contribution in [1.82, 2.24) is 10.3 Å². The molecule has 18 heavy (non-hydrogen) atoms. The van der Waals surface area contributed by atoms with Crippen molar-refractivity contribution in [3.8, 4) is 6.07 Å². The molecule has 0 atom stereocenters. The Labute approximate surface area is 106 Å². The fraction of sp³-hybridized carbons (Fsp3) is 0.286. The predicted octanol–water partition coefficient (Wildman–Crippen LogP) is 2.59. The largest absolute Gasteiger partial charge is 0.351 e. The molecule has 0 aliphatic heterocycles. The number of rotatable bonds is 5. The fourth-order valence-electron chi connectivity index (χ4n) is 1.82. The molecule has 0 unspecified atom stereocenters. The van der Waals surface area contributed by atoms with Crippen LogP contribution in [0.2, 0.25) is 0 Å². The first-order valence-electron chi connectivity index (χ1n) is 6.04. The Morgan fingerprint density at radius 3 is 2.94 bits per heavy atom. The first-order chi connectivity index (χ1) is 8.81. The van der Waals surface area contributed by atoms with Crippen molar-refractivity contribution in [2.45, 2.75) is 19.3 Å². The smallest absolute Gasteiger partial charge is 0.267 e. The van der Waals surface area contributed by atoms with Gasteiger partial charge in [-0.1, -0.05) is 18.2 Å². The summed E-state index contributed by atoms with van der Waals surface area (Å²) in [5, 5.41) is 12.3. The van der Waals surface area contributed by atoms with Crippen LogP contribution in [0.1, 0.15) is 29.8 Å². The van der Waals surface area contributed by atoms with E-state index >= 15 is 0 Å². The van der Waals surface area contributed by atoms with Crippen LogP contribution in [-0.4, -0.2) is 17.4 Å². The molecule has 0 saturated heterocycles. The van der Waals surface area contributed by atoms with Gasteiger partial charge in [-0.05, 0) is 25.0 Å². The van der Waals surface area contributed by atoms with Crippen LogP contribution >= 0.6 is 0 Å². The lowest BCUT2D eigenvalue weighted by Gasteiger charge is -2.01. The Kier molecular flexibility index (Phi) is 3.98. The highest BCUT2D eigenvalue weighted by molar-refractivity contribution is 5.97. The summed E-state index contributed by atoms with van der Waals surface area (Å²) >= 11 is 0. The Morgan fingerprint density at radius 1 is 1.33 bits per heavy atom. The van der Waals surface area contributed by atoms with Crippen LogP contribution in [0.5, 0.6) is 0 Å². The van der Waals surface area contributed by atoms with Crippen molar-refractivity contribution in [3.05, 3.63) is 36.0 Å². The number of hydrogen-bond donors (Lipinski definition) is 2. The van der Waals surface area contributed by atoms with Gasteiger partial charge in [0.05, 0.1) is 6.07 Å². The summed E-state index contributed by atoms with van der Waals surface area (Å²) in [5.41, 5.74) is 1.55. The zero-order valence-corrected chi connectivity index (χ0v) is 10.1. The van der Waals surface area contributed by atoms with E-state index in [4.69, 9.17) is 5.26 Å². The van der Waals surface area contributed by atoms with Gasteiger partial charge in [0.25, 0.3) is 5.91 Å². The first-order valence-corrected chi connectivity index (χ1v) is 6.04. The molecule has 0 aliphatic rings. The number of para-hydroxylation sites is 1. The van der Waals surface area contributed by atoms with Crippen LogP contribution in [0, 0.1) is 11.3 Å². The summed E-state index contributed by atoms with van der Waals surface area (Å²) in [4.78, 5) is 14.9. The van der Waals surface area contributed by atoms with E-state index in [0.717, 1.165) is 23.7 Å². The van der Waals surface area contributed by atoms with Crippen LogP contribution in [0.3, 0.4) is 0 Å². The van der Waals surface area contributed by atoms with Gasteiger partial charge in [0, 0.05) is 23.9 Å². The van der Waals surface area contributed by atoms with Crippen LogP contribution in [0.15, 0.2) is 30.3 Å². The molecular weight excluding hydrogens is 226 g/mol. The first kappa shape index (κ1) is 12.2. The second-order valence-electron chi connectivity index (χ2n) is 4.14. The van der Waals surface area contributed by atoms with Gasteiger partial charge in [-0.25, -0.2) is 0 Å². The highest BCUT2D eigenvalue weighted by atomic mass is 16.1.